The number of methoxy groups -OCH3 is 1. The number of carbonyl (C=O) groups is 2. The van der Waals surface area contributed by atoms with Gasteiger partial charge in [-0.15, -0.1) is 0 Å². The molecule has 3 aliphatic carbocycles. The average molecular weight is 304 g/mol. The molecule has 2 bridgehead atoms. The molecule has 0 N–H and O–H groups in total. The summed E-state index contributed by atoms with van der Waals surface area (Å²) in [5.41, 5.74) is 0.251. The third-order valence-electron chi connectivity index (χ3n) is 6.98. The van der Waals surface area contributed by atoms with Crippen molar-refractivity contribution in [3.63, 3.8) is 0 Å². The molecule has 0 aromatic rings. The van der Waals surface area contributed by atoms with Crippen molar-refractivity contribution in [2.24, 2.45) is 28.1 Å². The zero-order valence-electron chi connectivity index (χ0n) is 14.3. The second kappa shape index (κ2) is 4.94. The van der Waals surface area contributed by atoms with Crippen molar-refractivity contribution in [1.82, 2.24) is 0 Å². The average Bonchev–Trinajstić information content (AvgIpc) is 2.68. The molecular formula is C19H28O3. The molecule has 1 spiro atoms. The second-order valence-corrected chi connectivity index (χ2v) is 8.45. The van der Waals surface area contributed by atoms with Crippen molar-refractivity contribution in [3.8, 4) is 0 Å². The van der Waals surface area contributed by atoms with Crippen LogP contribution < -0.4 is 0 Å². The van der Waals surface area contributed by atoms with Gasteiger partial charge in [0.05, 0.1) is 13.5 Å². The molecule has 122 valence electrons. The third kappa shape index (κ3) is 2.16. The van der Waals surface area contributed by atoms with Crippen molar-refractivity contribution in [3.05, 3.63) is 12.2 Å². The summed E-state index contributed by atoms with van der Waals surface area (Å²) < 4.78 is 4.95. The first-order chi connectivity index (χ1) is 10.2. The van der Waals surface area contributed by atoms with E-state index < -0.39 is 0 Å². The van der Waals surface area contributed by atoms with E-state index >= 15 is 0 Å². The molecule has 0 aliphatic heterocycles. The predicted octanol–water partition coefficient (Wildman–Crippen LogP) is 3.92. The number of Topliss-reactive ketones (excluding diaryl/α,β-unsaturated/α-hetero) is 1. The van der Waals surface area contributed by atoms with Gasteiger partial charge in [-0.25, -0.2) is 0 Å². The molecule has 3 aliphatic rings. The molecular weight excluding hydrogens is 276 g/mol. The van der Waals surface area contributed by atoms with Gasteiger partial charge >= 0.3 is 5.97 Å². The van der Waals surface area contributed by atoms with Crippen molar-refractivity contribution in [2.75, 3.05) is 7.11 Å². The molecule has 2 saturated carbocycles. The van der Waals surface area contributed by atoms with Crippen LogP contribution in [-0.4, -0.2) is 18.9 Å². The Morgan fingerprint density at radius 2 is 1.91 bits per heavy atom. The minimum atomic E-state index is -0.271. The normalized spacial score (nSPS) is 46.2. The largest absolute Gasteiger partial charge is 0.469 e. The van der Waals surface area contributed by atoms with Gasteiger partial charge in [0.25, 0.3) is 0 Å². The van der Waals surface area contributed by atoms with Gasteiger partial charge in [0.1, 0.15) is 5.78 Å². The van der Waals surface area contributed by atoms with Gasteiger partial charge in [0.2, 0.25) is 0 Å². The van der Waals surface area contributed by atoms with Crippen LogP contribution in [0.4, 0.5) is 0 Å². The quantitative estimate of drug-likeness (QED) is 0.586. The Labute approximate surface area is 133 Å². The third-order valence-corrected chi connectivity index (χ3v) is 6.98. The Bertz CT molecular complexity index is 537. The van der Waals surface area contributed by atoms with Crippen molar-refractivity contribution >= 4 is 11.8 Å². The van der Waals surface area contributed by atoms with E-state index in [-0.39, 0.29) is 28.5 Å². The lowest BCUT2D eigenvalue weighted by Gasteiger charge is -2.58. The van der Waals surface area contributed by atoms with Gasteiger partial charge in [-0.2, -0.15) is 0 Å². The van der Waals surface area contributed by atoms with Gasteiger partial charge in [0.15, 0.2) is 0 Å². The van der Waals surface area contributed by atoms with Crippen LogP contribution in [0.5, 0.6) is 0 Å². The number of fused-ring (bicyclic) bond motifs is 1. The van der Waals surface area contributed by atoms with Gasteiger partial charge in [-0.1, -0.05) is 26.0 Å². The molecule has 0 radical (unpaired) electrons. The van der Waals surface area contributed by atoms with Gasteiger partial charge < -0.3 is 4.74 Å². The zero-order valence-corrected chi connectivity index (χ0v) is 14.3. The summed E-state index contributed by atoms with van der Waals surface area (Å²) in [5.74, 6) is 0.451. The molecule has 0 aromatic heterocycles. The van der Waals surface area contributed by atoms with Crippen LogP contribution in [0.15, 0.2) is 12.2 Å². The fourth-order valence-corrected chi connectivity index (χ4v) is 6.02. The topological polar surface area (TPSA) is 43.4 Å². The Morgan fingerprint density at radius 3 is 2.55 bits per heavy atom. The van der Waals surface area contributed by atoms with E-state index in [9.17, 15) is 9.59 Å². The zero-order chi connectivity index (χ0) is 16.2. The van der Waals surface area contributed by atoms with Crippen molar-refractivity contribution in [1.29, 1.82) is 0 Å². The summed E-state index contributed by atoms with van der Waals surface area (Å²) in [7, 11) is 1.44. The molecule has 0 heterocycles. The van der Waals surface area contributed by atoms with Crippen molar-refractivity contribution < 1.29 is 14.3 Å². The molecule has 5 atom stereocenters. The molecule has 0 amide bonds. The molecule has 3 nitrogen and oxygen atoms in total. The summed E-state index contributed by atoms with van der Waals surface area (Å²) in [6.45, 7) is 6.20. The van der Waals surface area contributed by atoms with E-state index in [1.54, 1.807) is 6.92 Å². The minimum Gasteiger partial charge on any atom is -0.469 e. The molecule has 0 unspecified atom stereocenters. The van der Waals surface area contributed by atoms with Crippen LogP contribution in [0.2, 0.25) is 0 Å². The van der Waals surface area contributed by atoms with Crippen LogP contribution in [0.1, 0.15) is 59.3 Å². The number of ketones is 1. The van der Waals surface area contributed by atoms with Gasteiger partial charge in [-0.05, 0) is 61.2 Å². The number of esters is 1. The van der Waals surface area contributed by atoms with E-state index in [0.29, 0.717) is 17.8 Å². The number of carbonyl (C=O) groups excluding carboxylic acids is 2. The predicted molar refractivity (Wildman–Crippen MR) is 85.2 cm³/mol. The smallest absolute Gasteiger partial charge is 0.306 e. The highest BCUT2D eigenvalue weighted by atomic mass is 16.5. The summed E-state index contributed by atoms with van der Waals surface area (Å²) >= 11 is 0. The molecule has 3 heteroatoms. The van der Waals surface area contributed by atoms with E-state index in [0.717, 1.165) is 25.7 Å². The van der Waals surface area contributed by atoms with Crippen LogP contribution in [0.3, 0.4) is 0 Å². The molecule has 22 heavy (non-hydrogen) atoms. The fourth-order valence-electron chi connectivity index (χ4n) is 6.02. The van der Waals surface area contributed by atoms with Crippen molar-refractivity contribution in [2.45, 2.75) is 59.3 Å². The number of ether oxygens (including phenoxy) is 1. The summed E-state index contributed by atoms with van der Waals surface area (Å²) in [4.78, 5) is 24.3. The number of rotatable bonds is 3. The molecule has 3 rings (SSSR count). The number of hydrogen-bond donors (Lipinski definition) is 0. The highest BCUT2D eigenvalue weighted by Crippen LogP contribution is 2.67. The lowest BCUT2D eigenvalue weighted by atomic mass is 9.45. The van der Waals surface area contributed by atoms with Crippen LogP contribution in [-0.2, 0) is 14.3 Å². The first-order valence-corrected chi connectivity index (χ1v) is 8.52. The summed E-state index contributed by atoms with van der Waals surface area (Å²) in [6.07, 6.45) is 10.6. The molecule has 2 fully saturated rings. The van der Waals surface area contributed by atoms with E-state index in [4.69, 9.17) is 4.74 Å². The lowest BCUT2D eigenvalue weighted by Crippen LogP contribution is -2.53. The fraction of sp³-hybridized carbons (Fsp3) is 0.789. The molecule has 0 saturated heterocycles. The minimum absolute atomic E-state index is 0.0134. The maximum atomic E-state index is 12.3. The Balaban J connectivity index is 1.99. The SMILES string of the molecule is COC(=O)C[C@]1(C)[C@@H](C(C)=O)CC[C@]23C=C[C@](C)(CC[C@H]21)C3. The Hall–Kier alpha value is -1.12. The standard InChI is InChI=1S/C19H28O3/c1-13(20)14-5-8-19-10-9-17(2,12-19)7-6-15(19)18(14,3)11-16(21)22-4/h9-10,14-15H,5-8,11-12H2,1-4H3/t14-,15+,17+,18-,19-/m1/s1. The van der Waals surface area contributed by atoms with Crippen LogP contribution >= 0.6 is 0 Å². The highest BCUT2D eigenvalue weighted by Gasteiger charge is 2.61. The van der Waals surface area contributed by atoms with E-state index in [1.807, 2.05) is 0 Å². The number of hydrogen-bond acceptors (Lipinski definition) is 3. The maximum absolute atomic E-state index is 12.3. The summed E-state index contributed by atoms with van der Waals surface area (Å²) in [6, 6.07) is 0. The highest BCUT2D eigenvalue weighted by molar-refractivity contribution is 5.81. The van der Waals surface area contributed by atoms with Gasteiger partial charge in [0, 0.05) is 5.92 Å². The first-order valence-electron chi connectivity index (χ1n) is 8.52. The second-order valence-electron chi connectivity index (χ2n) is 8.45. The first kappa shape index (κ1) is 15.8. The van der Waals surface area contributed by atoms with E-state index in [1.165, 1.54) is 13.5 Å². The number of allylic oxidation sites excluding steroid dienone is 2. The molecule has 0 aromatic carbocycles. The van der Waals surface area contributed by atoms with Crippen LogP contribution in [0, 0.1) is 28.1 Å². The van der Waals surface area contributed by atoms with Crippen LogP contribution in [0.25, 0.3) is 0 Å². The van der Waals surface area contributed by atoms with E-state index in [2.05, 4.69) is 26.0 Å². The summed E-state index contributed by atoms with van der Waals surface area (Å²) in [5, 5.41) is 0. The Morgan fingerprint density at radius 1 is 1.18 bits per heavy atom. The van der Waals surface area contributed by atoms with Gasteiger partial charge in [-0.3, -0.25) is 9.59 Å². The Kier molecular flexibility index (Phi) is 3.54. The maximum Gasteiger partial charge on any atom is 0.306 e. The lowest BCUT2D eigenvalue weighted by molar-refractivity contribution is -0.155. The monoisotopic (exact) mass is 304 g/mol.